The minimum Gasteiger partial charge on any atom is -0.505 e. The van der Waals surface area contributed by atoms with E-state index in [0.717, 1.165) is 6.21 Å². The van der Waals surface area contributed by atoms with Crippen LogP contribution in [0, 0.1) is 0 Å². The quantitative estimate of drug-likeness (QED) is 0.336. The number of ketones is 1. The molecular formula is C18H14N2O3. The molecule has 0 saturated carbocycles. The molecule has 1 aromatic heterocycles. The summed E-state index contributed by atoms with van der Waals surface area (Å²) in [7, 11) is 0. The topological polar surface area (TPSA) is 74.8 Å². The Balaban J connectivity index is 1.97. The van der Waals surface area contributed by atoms with Gasteiger partial charge in [0.25, 0.3) is 0 Å². The van der Waals surface area contributed by atoms with Crippen LogP contribution in [0.25, 0.3) is 5.69 Å². The fourth-order valence-electron chi connectivity index (χ4n) is 2.36. The monoisotopic (exact) mass is 306 g/mol. The zero-order valence-electron chi connectivity index (χ0n) is 12.1. The Hall–Kier alpha value is -3.34. The molecule has 2 N–H and O–H groups in total. The number of rotatable bonds is 4. The van der Waals surface area contributed by atoms with Gasteiger partial charge in [-0.1, -0.05) is 41.6 Å². The third-order valence-corrected chi connectivity index (χ3v) is 3.51. The molecule has 0 spiro atoms. The fourth-order valence-corrected chi connectivity index (χ4v) is 2.36. The predicted molar refractivity (Wildman–Crippen MR) is 86.7 cm³/mol. The van der Waals surface area contributed by atoms with Gasteiger partial charge in [-0.05, 0) is 18.2 Å². The van der Waals surface area contributed by atoms with Gasteiger partial charge in [-0.3, -0.25) is 4.79 Å². The average molecular weight is 306 g/mol. The van der Waals surface area contributed by atoms with E-state index in [9.17, 15) is 9.90 Å². The van der Waals surface area contributed by atoms with Crippen molar-refractivity contribution in [1.29, 1.82) is 0 Å². The van der Waals surface area contributed by atoms with Crippen molar-refractivity contribution in [3.05, 3.63) is 83.7 Å². The lowest BCUT2D eigenvalue weighted by molar-refractivity contribution is 0.103. The molecule has 5 heteroatoms. The van der Waals surface area contributed by atoms with Crippen LogP contribution in [0.3, 0.4) is 0 Å². The molecule has 1 heterocycles. The van der Waals surface area contributed by atoms with Gasteiger partial charge in [0.1, 0.15) is 5.75 Å². The second-order valence-corrected chi connectivity index (χ2v) is 4.96. The predicted octanol–water partition coefficient (Wildman–Crippen LogP) is 3.22. The summed E-state index contributed by atoms with van der Waals surface area (Å²) >= 11 is 0. The van der Waals surface area contributed by atoms with Gasteiger partial charge in [-0.25, -0.2) is 0 Å². The number of carbonyl (C=O) groups is 1. The smallest absolute Gasteiger partial charge is 0.194 e. The molecule has 0 saturated heterocycles. The normalized spacial score (nSPS) is 11.0. The molecule has 0 atom stereocenters. The Kier molecular flexibility index (Phi) is 3.93. The highest BCUT2D eigenvalue weighted by Gasteiger charge is 2.13. The van der Waals surface area contributed by atoms with Crippen molar-refractivity contribution in [3.8, 4) is 11.4 Å². The first-order valence-corrected chi connectivity index (χ1v) is 6.98. The van der Waals surface area contributed by atoms with E-state index < -0.39 is 0 Å². The number of para-hydroxylation sites is 1. The molecule has 0 radical (unpaired) electrons. The third kappa shape index (κ3) is 2.85. The molecule has 0 fully saturated rings. The van der Waals surface area contributed by atoms with Crippen LogP contribution in [-0.2, 0) is 0 Å². The fraction of sp³-hybridized carbons (Fsp3) is 0. The Bertz CT molecular complexity index is 867. The molecule has 0 amide bonds. The lowest BCUT2D eigenvalue weighted by atomic mass is 10.1. The lowest BCUT2D eigenvalue weighted by Gasteiger charge is -2.07. The van der Waals surface area contributed by atoms with Gasteiger partial charge in [0.2, 0.25) is 0 Å². The minimum absolute atomic E-state index is 0.0281. The largest absolute Gasteiger partial charge is 0.505 e. The number of phenols is 1. The van der Waals surface area contributed by atoms with Crippen molar-refractivity contribution < 1.29 is 15.1 Å². The van der Waals surface area contributed by atoms with Crippen molar-refractivity contribution in [2.45, 2.75) is 0 Å². The summed E-state index contributed by atoms with van der Waals surface area (Å²) in [6, 6.07) is 15.8. The minimum atomic E-state index is -0.0862. The van der Waals surface area contributed by atoms with E-state index in [0.29, 0.717) is 22.4 Å². The van der Waals surface area contributed by atoms with Crippen LogP contribution in [0.2, 0.25) is 0 Å². The van der Waals surface area contributed by atoms with E-state index in [4.69, 9.17) is 5.21 Å². The lowest BCUT2D eigenvalue weighted by Crippen LogP contribution is -2.00. The maximum absolute atomic E-state index is 12.4. The van der Waals surface area contributed by atoms with Gasteiger partial charge in [0.15, 0.2) is 5.78 Å². The van der Waals surface area contributed by atoms with Crippen molar-refractivity contribution >= 4 is 12.0 Å². The molecule has 2 aromatic carbocycles. The van der Waals surface area contributed by atoms with E-state index in [1.807, 2.05) is 18.2 Å². The summed E-state index contributed by atoms with van der Waals surface area (Å²) in [4.78, 5) is 12.4. The van der Waals surface area contributed by atoms with Crippen LogP contribution >= 0.6 is 0 Å². The number of hydrogen-bond acceptors (Lipinski definition) is 4. The van der Waals surface area contributed by atoms with Gasteiger partial charge in [-0.2, -0.15) is 0 Å². The van der Waals surface area contributed by atoms with Crippen LogP contribution in [-0.4, -0.2) is 26.9 Å². The number of aromatic nitrogens is 1. The van der Waals surface area contributed by atoms with E-state index in [1.54, 1.807) is 53.4 Å². The first-order valence-electron chi connectivity index (χ1n) is 6.98. The summed E-state index contributed by atoms with van der Waals surface area (Å²) in [6.45, 7) is 0. The van der Waals surface area contributed by atoms with Gasteiger partial charge in [-0.15, -0.1) is 0 Å². The molecule has 0 aliphatic carbocycles. The van der Waals surface area contributed by atoms with Gasteiger partial charge >= 0.3 is 0 Å². The van der Waals surface area contributed by atoms with Gasteiger partial charge < -0.3 is 14.9 Å². The zero-order chi connectivity index (χ0) is 16.2. The van der Waals surface area contributed by atoms with Gasteiger partial charge in [0, 0.05) is 29.1 Å². The Labute approximate surface area is 132 Å². The van der Waals surface area contributed by atoms with Crippen LogP contribution in [0.5, 0.6) is 5.75 Å². The number of hydrogen-bond donors (Lipinski definition) is 2. The summed E-state index contributed by atoms with van der Waals surface area (Å²) < 4.78 is 1.65. The molecule has 3 aromatic rings. The molecule has 23 heavy (non-hydrogen) atoms. The zero-order valence-corrected chi connectivity index (χ0v) is 12.1. The van der Waals surface area contributed by atoms with Crippen molar-refractivity contribution in [1.82, 2.24) is 4.57 Å². The van der Waals surface area contributed by atoms with Crippen molar-refractivity contribution in [2.75, 3.05) is 0 Å². The Morgan fingerprint density at radius 3 is 2.52 bits per heavy atom. The molecule has 0 unspecified atom stereocenters. The average Bonchev–Trinajstić information content (AvgIpc) is 3.07. The molecule has 5 nitrogen and oxygen atoms in total. The number of phenolic OH excluding ortho intramolecular Hbond substituents is 1. The summed E-state index contributed by atoms with van der Waals surface area (Å²) in [5, 5.41) is 21.8. The van der Waals surface area contributed by atoms with E-state index >= 15 is 0 Å². The number of nitrogens with zero attached hydrogens (tertiary/aromatic N) is 2. The highest BCUT2D eigenvalue weighted by molar-refractivity contribution is 6.08. The number of carbonyl (C=O) groups excluding carboxylic acids is 1. The maximum atomic E-state index is 12.4. The van der Waals surface area contributed by atoms with Crippen LogP contribution in [0.1, 0.15) is 21.5 Å². The van der Waals surface area contributed by atoms with Crippen molar-refractivity contribution in [2.24, 2.45) is 5.16 Å². The Morgan fingerprint density at radius 1 is 1.00 bits per heavy atom. The SMILES string of the molecule is O=C(c1ccccc1)c1ccn(-c2cccc(/C=N/O)c2O)c1. The van der Waals surface area contributed by atoms with E-state index in [1.165, 1.54) is 0 Å². The summed E-state index contributed by atoms with van der Waals surface area (Å²) in [5.41, 5.74) is 2.01. The standard InChI is InChI=1S/C18H14N2O3/c21-17(13-5-2-1-3-6-13)15-9-10-20(12-15)16-8-4-7-14(11-19-23)18(16)22/h1-12,22-23H/b19-11+. The first-order chi connectivity index (χ1) is 11.2. The van der Waals surface area contributed by atoms with Crippen molar-refractivity contribution in [3.63, 3.8) is 0 Å². The van der Waals surface area contributed by atoms with Crippen LogP contribution in [0.15, 0.2) is 72.1 Å². The van der Waals surface area contributed by atoms with Crippen LogP contribution in [0.4, 0.5) is 0 Å². The third-order valence-electron chi connectivity index (χ3n) is 3.51. The summed E-state index contributed by atoms with van der Waals surface area (Å²) in [6.07, 6.45) is 4.51. The molecular weight excluding hydrogens is 292 g/mol. The molecule has 0 aliphatic rings. The summed E-state index contributed by atoms with van der Waals surface area (Å²) in [5.74, 6) is -0.114. The molecule has 3 rings (SSSR count). The van der Waals surface area contributed by atoms with E-state index in [2.05, 4.69) is 5.16 Å². The number of aromatic hydroxyl groups is 1. The van der Waals surface area contributed by atoms with Crippen LogP contribution < -0.4 is 0 Å². The molecule has 114 valence electrons. The number of benzene rings is 2. The number of oxime groups is 1. The Morgan fingerprint density at radius 2 is 1.78 bits per heavy atom. The van der Waals surface area contributed by atoms with Gasteiger partial charge in [0.05, 0.1) is 11.9 Å². The van der Waals surface area contributed by atoms with E-state index in [-0.39, 0.29) is 11.5 Å². The first kappa shape index (κ1) is 14.6. The maximum Gasteiger partial charge on any atom is 0.194 e. The second-order valence-electron chi connectivity index (χ2n) is 4.96. The molecule has 0 aliphatic heterocycles. The second kappa shape index (κ2) is 6.19. The highest BCUT2D eigenvalue weighted by atomic mass is 16.4. The molecule has 0 bridgehead atoms. The highest BCUT2D eigenvalue weighted by Crippen LogP contribution is 2.26.